The summed E-state index contributed by atoms with van der Waals surface area (Å²) in [7, 11) is 0. The highest BCUT2D eigenvalue weighted by atomic mass is 16.5. The van der Waals surface area contributed by atoms with Crippen LogP contribution in [0, 0.1) is 28.6 Å². The van der Waals surface area contributed by atoms with Gasteiger partial charge < -0.3 is 20.3 Å². The first-order valence-corrected chi connectivity index (χ1v) is 14.5. The van der Waals surface area contributed by atoms with E-state index in [1.54, 1.807) is 30.6 Å². The summed E-state index contributed by atoms with van der Waals surface area (Å²) in [4.78, 5) is 53.8. The fourth-order valence-corrected chi connectivity index (χ4v) is 8.49. The first-order valence-electron chi connectivity index (χ1n) is 14.5. The average Bonchev–Trinajstić information content (AvgIpc) is 3.20. The number of carbonyl (C=O) groups excluding carboxylic acids is 4. The molecule has 1 amide bonds. The maximum Gasteiger partial charge on any atom is 0.306 e. The number of carbonyl (C=O) groups is 4. The maximum atomic E-state index is 13.4. The number of fused-ring (bicyclic) bond motifs is 5. The molecule has 4 aliphatic carbocycles. The third-order valence-corrected chi connectivity index (χ3v) is 10.7. The van der Waals surface area contributed by atoms with Crippen LogP contribution in [0.1, 0.15) is 77.2 Å². The predicted octanol–water partition coefficient (Wildman–Crippen LogP) is 2.82. The van der Waals surface area contributed by atoms with Crippen LogP contribution in [0.4, 0.5) is 0 Å². The zero-order valence-electron chi connectivity index (χ0n) is 23.4. The summed E-state index contributed by atoms with van der Waals surface area (Å²) in [5.41, 5.74) is -0.768. The van der Waals surface area contributed by atoms with Crippen LogP contribution in [0.15, 0.2) is 36.2 Å². The van der Waals surface area contributed by atoms with Crippen molar-refractivity contribution in [2.75, 3.05) is 6.61 Å². The molecule has 0 bridgehead atoms. The standard InChI is InChI=1S/C31H40N2O7/c1-29-11-7-21(34)15-20(29)3-4-22-23-8-12-31(39,30(23,2)16-24(35)28(22)29)25(36)18-40-27(38)6-5-26(37)33-17-19-9-13-32-14-10-19/h9-10,13-15,22-24,28,35,39H,3-8,11-12,16-18H2,1-2H3,(H,33,37)/t22?,23?,24?,28?,29-,30-,31-/m0/s1. The Labute approximate surface area is 234 Å². The number of aliphatic hydroxyl groups excluding tert-OH is 1. The second-order valence-corrected chi connectivity index (χ2v) is 12.7. The molecule has 0 aliphatic heterocycles. The maximum absolute atomic E-state index is 13.4. The summed E-state index contributed by atoms with van der Waals surface area (Å²) < 4.78 is 5.21. The number of ether oxygens (including phenoxy) is 1. The molecule has 0 spiro atoms. The van der Waals surface area contributed by atoms with Crippen LogP contribution in [0.25, 0.3) is 0 Å². The number of hydrogen-bond donors (Lipinski definition) is 3. The monoisotopic (exact) mass is 552 g/mol. The topological polar surface area (TPSA) is 143 Å². The van der Waals surface area contributed by atoms with Gasteiger partial charge in [-0.2, -0.15) is 0 Å². The summed E-state index contributed by atoms with van der Waals surface area (Å²) in [5, 5.41) is 26.0. The first-order chi connectivity index (χ1) is 19.0. The van der Waals surface area contributed by atoms with Crippen molar-refractivity contribution in [2.24, 2.45) is 28.6 Å². The average molecular weight is 553 g/mol. The van der Waals surface area contributed by atoms with Gasteiger partial charge in [0.2, 0.25) is 11.7 Å². The molecule has 1 heterocycles. The van der Waals surface area contributed by atoms with Crippen LogP contribution in [0.5, 0.6) is 0 Å². The Kier molecular flexibility index (Phi) is 7.74. The molecule has 3 N–H and O–H groups in total. The van der Waals surface area contributed by atoms with Gasteiger partial charge >= 0.3 is 5.97 Å². The highest BCUT2D eigenvalue weighted by molar-refractivity contribution is 5.92. The lowest BCUT2D eigenvalue weighted by Gasteiger charge is -2.60. The van der Waals surface area contributed by atoms with E-state index in [4.69, 9.17) is 4.74 Å². The van der Waals surface area contributed by atoms with E-state index < -0.39 is 35.5 Å². The first kappa shape index (κ1) is 28.6. The van der Waals surface area contributed by atoms with Gasteiger partial charge in [-0.05, 0) is 85.5 Å². The lowest BCUT2D eigenvalue weighted by molar-refractivity contribution is -0.184. The summed E-state index contributed by atoms with van der Waals surface area (Å²) in [6.07, 6.45) is 8.11. The molecule has 1 aromatic rings. The lowest BCUT2D eigenvalue weighted by atomic mass is 9.45. The van der Waals surface area contributed by atoms with Gasteiger partial charge in [-0.25, -0.2) is 0 Å². The number of amides is 1. The molecule has 3 fully saturated rings. The van der Waals surface area contributed by atoms with Crippen molar-refractivity contribution in [3.8, 4) is 0 Å². The molecule has 216 valence electrons. The molecule has 7 atom stereocenters. The summed E-state index contributed by atoms with van der Waals surface area (Å²) in [6.45, 7) is 3.83. The quantitative estimate of drug-likeness (QED) is 0.418. The van der Waals surface area contributed by atoms with Crippen LogP contribution in [-0.2, 0) is 30.5 Å². The number of aliphatic hydroxyl groups is 2. The van der Waals surface area contributed by atoms with E-state index in [-0.39, 0.29) is 60.5 Å². The lowest BCUT2D eigenvalue weighted by Crippen LogP contribution is -2.62. The summed E-state index contributed by atoms with van der Waals surface area (Å²) in [5.74, 6) is -1.21. The zero-order valence-corrected chi connectivity index (χ0v) is 23.4. The zero-order chi connectivity index (χ0) is 28.7. The molecular weight excluding hydrogens is 512 g/mol. The van der Waals surface area contributed by atoms with Crippen molar-refractivity contribution in [1.82, 2.24) is 10.3 Å². The molecule has 9 nitrogen and oxygen atoms in total. The van der Waals surface area contributed by atoms with Gasteiger partial charge in [0.05, 0.1) is 12.5 Å². The highest BCUT2D eigenvalue weighted by Gasteiger charge is 2.68. The van der Waals surface area contributed by atoms with E-state index in [1.165, 1.54) is 0 Å². The second-order valence-electron chi connectivity index (χ2n) is 12.7. The Morgan fingerprint density at radius 2 is 1.85 bits per heavy atom. The van der Waals surface area contributed by atoms with Crippen molar-refractivity contribution >= 4 is 23.4 Å². The number of Topliss-reactive ketones (excluding diaryl/α,β-unsaturated/α-hetero) is 1. The third kappa shape index (κ3) is 4.91. The van der Waals surface area contributed by atoms with Crippen molar-refractivity contribution in [2.45, 2.75) is 89.9 Å². The van der Waals surface area contributed by atoms with Crippen molar-refractivity contribution < 1.29 is 34.1 Å². The number of hydrogen-bond acceptors (Lipinski definition) is 8. The smallest absolute Gasteiger partial charge is 0.306 e. The molecule has 0 radical (unpaired) electrons. The number of pyridine rings is 1. The van der Waals surface area contributed by atoms with E-state index in [9.17, 15) is 29.4 Å². The van der Waals surface area contributed by atoms with Gasteiger partial charge in [0.15, 0.2) is 12.4 Å². The highest BCUT2D eigenvalue weighted by Crippen LogP contribution is 2.67. The summed E-state index contributed by atoms with van der Waals surface area (Å²) >= 11 is 0. The molecule has 4 aliphatic rings. The van der Waals surface area contributed by atoms with Crippen molar-refractivity contribution in [3.05, 3.63) is 41.7 Å². The fraction of sp³-hybridized carbons (Fsp3) is 0.645. The molecule has 1 aromatic heterocycles. The molecule has 9 heteroatoms. The van der Waals surface area contributed by atoms with E-state index in [2.05, 4.69) is 17.2 Å². The van der Waals surface area contributed by atoms with Crippen LogP contribution in [0.3, 0.4) is 0 Å². The van der Waals surface area contributed by atoms with Gasteiger partial charge in [-0.15, -0.1) is 0 Å². The van der Waals surface area contributed by atoms with Crippen LogP contribution >= 0.6 is 0 Å². The Bertz CT molecular complexity index is 1220. The minimum atomic E-state index is -1.70. The van der Waals surface area contributed by atoms with Gasteiger partial charge in [-0.3, -0.25) is 24.2 Å². The SMILES string of the molecule is C[C@]12CCC(=O)C=C1CCC1C2C(O)C[C@@]2(C)C1CC[C@]2(O)C(=O)COC(=O)CCC(=O)NCc1ccncc1. The Hall–Kier alpha value is -2.91. The largest absolute Gasteiger partial charge is 0.458 e. The van der Waals surface area contributed by atoms with Gasteiger partial charge in [0.25, 0.3) is 0 Å². The van der Waals surface area contributed by atoms with Gasteiger partial charge in [0, 0.05) is 37.2 Å². The Morgan fingerprint density at radius 1 is 1.10 bits per heavy atom. The number of nitrogens with one attached hydrogen (secondary N) is 1. The van der Waals surface area contributed by atoms with Crippen molar-refractivity contribution in [3.63, 3.8) is 0 Å². The number of rotatable bonds is 8. The Morgan fingerprint density at radius 3 is 2.60 bits per heavy atom. The van der Waals surface area contributed by atoms with Crippen LogP contribution in [-0.4, -0.2) is 57.0 Å². The number of aromatic nitrogens is 1. The minimum Gasteiger partial charge on any atom is -0.458 e. The van der Waals surface area contributed by atoms with Crippen LogP contribution < -0.4 is 5.32 Å². The summed E-state index contributed by atoms with van der Waals surface area (Å²) in [6, 6.07) is 3.57. The number of nitrogens with zero attached hydrogens (tertiary/aromatic N) is 1. The predicted molar refractivity (Wildman–Crippen MR) is 144 cm³/mol. The number of ketones is 2. The van der Waals surface area contributed by atoms with Crippen LogP contribution in [0.2, 0.25) is 0 Å². The molecule has 3 saturated carbocycles. The second kappa shape index (κ2) is 10.8. The van der Waals surface area contributed by atoms with Crippen molar-refractivity contribution in [1.29, 1.82) is 0 Å². The van der Waals surface area contributed by atoms with E-state index in [1.807, 2.05) is 6.92 Å². The fourth-order valence-electron chi connectivity index (χ4n) is 8.49. The molecular formula is C31H40N2O7. The molecule has 0 saturated heterocycles. The van der Waals surface area contributed by atoms with E-state index >= 15 is 0 Å². The Balaban J connectivity index is 1.18. The number of allylic oxidation sites excluding steroid dienone is 1. The minimum absolute atomic E-state index is 0.0151. The molecule has 5 rings (SSSR count). The third-order valence-electron chi connectivity index (χ3n) is 10.7. The van der Waals surface area contributed by atoms with Gasteiger partial charge in [0.1, 0.15) is 5.60 Å². The van der Waals surface area contributed by atoms with E-state index in [0.29, 0.717) is 19.4 Å². The van der Waals surface area contributed by atoms with Gasteiger partial charge in [-0.1, -0.05) is 19.4 Å². The normalized spacial score (nSPS) is 36.5. The van der Waals surface area contributed by atoms with E-state index in [0.717, 1.165) is 30.4 Å². The number of esters is 1. The molecule has 4 unspecified atom stereocenters. The molecule has 0 aromatic carbocycles. The molecule has 40 heavy (non-hydrogen) atoms.